The highest BCUT2D eigenvalue weighted by molar-refractivity contribution is 5.95. The lowest BCUT2D eigenvalue weighted by Crippen LogP contribution is -2.39. The molecule has 1 saturated heterocycles. The van der Waals surface area contributed by atoms with E-state index < -0.39 is 0 Å². The van der Waals surface area contributed by atoms with Crippen LogP contribution in [0, 0.1) is 19.8 Å². The van der Waals surface area contributed by atoms with E-state index in [0.717, 1.165) is 18.7 Å². The molecule has 1 aliphatic heterocycles. The fourth-order valence-electron chi connectivity index (χ4n) is 2.22. The molecular weight excluding hydrogens is 212 g/mol. The highest BCUT2D eigenvalue weighted by Gasteiger charge is 2.29. The average molecular weight is 232 g/mol. The third-order valence-corrected chi connectivity index (χ3v) is 3.59. The number of nitrogens with one attached hydrogen (secondary N) is 2. The van der Waals surface area contributed by atoms with Gasteiger partial charge in [0, 0.05) is 5.69 Å². The van der Waals surface area contributed by atoms with Gasteiger partial charge in [-0.25, -0.2) is 0 Å². The number of rotatable bonds is 2. The fourth-order valence-corrected chi connectivity index (χ4v) is 2.22. The molecule has 0 aliphatic carbocycles. The summed E-state index contributed by atoms with van der Waals surface area (Å²) in [4.78, 5) is 12.0. The molecule has 0 aromatic heterocycles. The van der Waals surface area contributed by atoms with Gasteiger partial charge in [0.1, 0.15) is 0 Å². The molecule has 3 nitrogen and oxygen atoms in total. The van der Waals surface area contributed by atoms with Crippen LogP contribution in [0.5, 0.6) is 0 Å². The Bertz CT molecular complexity index is 428. The van der Waals surface area contributed by atoms with Crippen molar-refractivity contribution in [3.05, 3.63) is 29.3 Å². The molecular formula is C14H20N2O. The second-order valence-electron chi connectivity index (χ2n) is 4.99. The van der Waals surface area contributed by atoms with Crippen LogP contribution < -0.4 is 10.6 Å². The molecule has 2 atom stereocenters. The van der Waals surface area contributed by atoms with Gasteiger partial charge in [-0.1, -0.05) is 13.0 Å². The first kappa shape index (κ1) is 12.1. The minimum absolute atomic E-state index is 0.0448. The van der Waals surface area contributed by atoms with Crippen molar-refractivity contribution in [2.24, 2.45) is 5.92 Å². The molecule has 1 heterocycles. The molecule has 1 aromatic rings. The summed E-state index contributed by atoms with van der Waals surface area (Å²) < 4.78 is 0. The van der Waals surface area contributed by atoms with E-state index in [1.807, 2.05) is 18.2 Å². The van der Waals surface area contributed by atoms with Crippen LogP contribution in [0.2, 0.25) is 0 Å². The summed E-state index contributed by atoms with van der Waals surface area (Å²) in [5.41, 5.74) is 3.34. The Balaban J connectivity index is 2.05. The zero-order chi connectivity index (χ0) is 12.4. The lowest BCUT2D eigenvalue weighted by molar-refractivity contribution is -0.118. The van der Waals surface area contributed by atoms with Crippen molar-refractivity contribution >= 4 is 11.6 Å². The minimum atomic E-state index is -0.0448. The second-order valence-corrected chi connectivity index (χ2v) is 4.99. The van der Waals surface area contributed by atoms with Gasteiger partial charge in [0.2, 0.25) is 5.91 Å². The number of anilines is 1. The van der Waals surface area contributed by atoms with Crippen molar-refractivity contribution in [2.75, 3.05) is 11.9 Å². The topological polar surface area (TPSA) is 41.1 Å². The Hall–Kier alpha value is -1.35. The highest BCUT2D eigenvalue weighted by atomic mass is 16.2. The smallest absolute Gasteiger partial charge is 0.241 e. The normalized spacial score (nSPS) is 23.7. The summed E-state index contributed by atoms with van der Waals surface area (Å²) >= 11 is 0. The Morgan fingerprint density at radius 3 is 2.71 bits per heavy atom. The molecule has 0 bridgehead atoms. The number of hydrogen-bond acceptors (Lipinski definition) is 2. The summed E-state index contributed by atoms with van der Waals surface area (Å²) in [6.45, 7) is 7.18. The first-order valence-corrected chi connectivity index (χ1v) is 6.19. The van der Waals surface area contributed by atoms with Crippen molar-refractivity contribution in [1.82, 2.24) is 5.32 Å². The third kappa shape index (κ3) is 2.67. The van der Waals surface area contributed by atoms with Crippen molar-refractivity contribution in [3.8, 4) is 0 Å². The monoisotopic (exact) mass is 232 g/mol. The van der Waals surface area contributed by atoms with E-state index in [-0.39, 0.29) is 11.9 Å². The summed E-state index contributed by atoms with van der Waals surface area (Å²) in [6.07, 6.45) is 1.07. The molecule has 1 fully saturated rings. The number of carbonyl (C=O) groups is 1. The van der Waals surface area contributed by atoms with E-state index in [9.17, 15) is 4.79 Å². The molecule has 2 rings (SSSR count). The molecule has 1 aliphatic rings. The van der Waals surface area contributed by atoms with Crippen molar-refractivity contribution in [2.45, 2.75) is 33.2 Å². The maximum atomic E-state index is 12.0. The minimum Gasteiger partial charge on any atom is -0.325 e. The Kier molecular flexibility index (Phi) is 3.48. The molecule has 1 amide bonds. The van der Waals surface area contributed by atoms with Crippen molar-refractivity contribution < 1.29 is 4.79 Å². The van der Waals surface area contributed by atoms with Gasteiger partial charge < -0.3 is 10.6 Å². The first-order valence-electron chi connectivity index (χ1n) is 6.19. The van der Waals surface area contributed by atoms with E-state index in [4.69, 9.17) is 0 Å². The second kappa shape index (κ2) is 4.88. The third-order valence-electron chi connectivity index (χ3n) is 3.59. The van der Waals surface area contributed by atoms with E-state index in [1.54, 1.807) is 0 Å². The molecule has 3 heteroatoms. The van der Waals surface area contributed by atoms with E-state index in [1.165, 1.54) is 11.1 Å². The molecule has 2 N–H and O–H groups in total. The quantitative estimate of drug-likeness (QED) is 0.821. The molecule has 92 valence electrons. The standard InChI is InChI=1S/C14H20N2O/c1-9-4-5-12(8-11(9)3)16-14(17)13-10(2)6-7-15-13/h4-5,8,10,13,15H,6-7H2,1-3H3,(H,16,17). The lowest BCUT2D eigenvalue weighted by atomic mass is 10.0. The Morgan fingerprint density at radius 1 is 1.35 bits per heavy atom. The molecule has 0 spiro atoms. The summed E-state index contributed by atoms with van der Waals surface area (Å²) in [6, 6.07) is 5.97. The molecule has 0 saturated carbocycles. The van der Waals surface area contributed by atoms with Crippen LogP contribution in [0.3, 0.4) is 0 Å². The van der Waals surface area contributed by atoms with Crippen LogP contribution in [-0.2, 0) is 4.79 Å². The van der Waals surface area contributed by atoms with E-state index in [0.29, 0.717) is 5.92 Å². The van der Waals surface area contributed by atoms with Gasteiger partial charge in [-0.2, -0.15) is 0 Å². The maximum absolute atomic E-state index is 12.0. The van der Waals surface area contributed by atoms with Crippen molar-refractivity contribution in [3.63, 3.8) is 0 Å². The number of carbonyl (C=O) groups excluding carboxylic acids is 1. The van der Waals surface area contributed by atoms with Crippen LogP contribution in [0.4, 0.5) is 5.69 Å². The summed E-state index contributed by atoms with van der Waals surface area (Å²) in [7, 11) is 0. The largest absolute Gasteiger partial charge is 0.325 e. The highest BCUT2D eigenvalue weighted by Crippen LogP contribution is 2.18. The number of hydrogen-bond donors (Lipinski definition) is 2. The van der Waals surface area contributed by atoms with Gasteiger partial charge in [-0.05, 0) is 56.0 Å². The van der Waals surface area contributed by atoms with Crippen LogP contribution in [0.15, 0.2) is 18.2 Å². The maximum Gasteiger partial charge on any atom is 0.241 e. The lowest BCUT2D eigenvalue weighted by Gasteiger charge is -2.16. The van der Waals surface area contributed by atoms with Crippen molar-refractivity contribution in [1.29, 1.82) is 0 Å². The van der Waals surface area contributed by atoms with Gasteiger partial charge in [0.25, 0.3) is 0 Å². The van der Waals surface area contributed by atoms with Crippen LogP contribution in [0.25, 0.3) is 0 Å². The van der Waals surface area contributed by atoms with Gasteiger partial charge in [0.05, 0.1) is 6.04 Å². The van der Waals surface area contributed by atoms with Gasteiger partial charge in [-0.15, -0.1) is 0 Å². The van der Waals surface area contributed by atoms with Crippen LogP contribution >= 0.6 is 0 Å². The summed E-state index contributed by atoms with van der Waals surface area (Å²) in [5.74, 6) is 0.500. The molecule has 17 heavy (non-hydrogen) atoms. The molecule has 0 radical (unpaired) electrons. The number of benzene rings is 1. The van der Waals surface area contributed by atoms with Crippen LogP contribution in [-0.4, -0.2) is 18.5 Å². The predicted octanol–water partition coefficient (Wildman–Crippen LogP) is 2.24. The predicted molar refractivity (Wildman–Crippen MR) is 70.1 cm³/mol. The molecule has 1 aromatic carbocycles. The Morgan fingerprint density at radius 2 is 2.12 bits per heavy atom. The molecule has 2 unspecified atom stereocenters. The number of amides is 1. The first-order chi connectivity index (χ1) is 8.08. The summed E-state index contributed by atoms with van der Waals surface area (Å²) in [5, 5.41) is 6.22. The average Bonchev–Trinajstić information content (AvgIpc) is 2.70. The zero-order valence-corrected chi connectivity index (χ0v) is 10.7. The van der Waals surface area contributed by atoms with E-state index in [2.05, 4.69) is 31.4 Å². The number of aryl methyl sites for hydroxylation is 2. The van der Waals surface area contributed by atoms with Gasteiger partial charge in [-0.3, -0.25) is 4.79 Å². The Labute approximate surface area is 103 Å². The SMILES string of the molecule is Cc1ccc(NC(=O)C2NCCC2C)cc1C. The van der Waals surface area contributed by atoms with E-state index >= 15 is 0 Å². The van der Waals surface area contributed by atoms with Crippen LogP contribution in [0.1, 0.15) is 24.5 Å². The van der Waals surface area contributed by atoms with Gasteiger partial charge in [0.15, 0.2) is 0 Å². The fraction of sp³-hybridized carbons (Fsp3) is 0.500. The zero-order valence-electron chi connectivity index (χ0n) is 10.7. The van der Waals surface area contributed by atoms with Gasteiger partial charge >= 0.3 is 0 Å².